The lowest BCUT2D eigenvalue weighted by Gasteiger charge is -2.46. The van der Waals surface area contributed by atoms with Crippen LogP contribution in [0.3, 0.4) is 0 Å². The minimum absolute atomic E-state index is 0.0469. The monoisotopic (exact) mass is 555 g/mol. The Balaban J connectivity index is 1.34. The number of fused-ring (bicyclic) bond motifs is 1. The predicted molar refractivity (Wildman–Crippen MR) is 146 cm³/mol. The zero-order valence-corrected chi connectivity index (χ0v) is 23.1. The van der Waals surface area contributed by atoms with E-state index in [9.17, 15) is 18.0 Å². The van der Waals surface area contributed by atoms with Crippen molar-refractivity contribution in [3.8, 4) is 0 Å². The molecule has 1 amide bonds. The van der Waals surface area contributed by atoms with Crippen LogP contribution in [0.2, 0.25) is 0 Å². The van der Waals surface area contributed by atoms with E-state index >= 15 is 0 Å². The Bertz CT molecular complexity index is 1420. The standard InChI is InChI=1S/C29H32F3N5OS/c1-27(8-5-9-27)33-15-18-10-22-23(24(11-18)29(30,31)32)16-37(25(22)38)20-7-4-6-19(12-20)28(13-21(14-28)39-3)26-35-34-17-36(26)2/h4,6-7,10-12,17,21,33H,5,8-9,13-16H2,1-3H3/t21-,28-. The molecule has 0 atom stereocenters. The Morgan fingerprint density at radius 3 is 2.56 bits per heavy atom. The van der Waals surface area contributed by atoms with Gasteiger partial charge in [0, 0.05) is 35.6 Å². The molecule has 6 rings (SSSR count). The summed E-state index contributed by atoms with van der Waals surface area (Å²) in [6.07, 6.45) is 4.11. The lowest BCUT2D eigenvalue weighted by molar-refractivity contribution is -0.138. The topological polar surface area (TPSA) is 63.1 Å². The van der Waals surface area contributed by atoms with Gasteiger partial charge in [0.05, 0.1) is 17.5 Å². The van der Waals surface area contributed by atoms with E-state index in [0.29, 0.717) is 23.0 Å². The van der Waals surface area contributed by atoms with Gasteiger partial charge in [-0.2, -0.15) is 24.9 Å². The maximum absolute atomic E-state index is 14.2. The highest BCUT2D eigenvalue weighted by atomic mass is 32.2. The van der Waals surface area contributed by atoms with Gasteiger partial charge in [0.15, 0.2) is 0 Å². The number of halogens is 3. The number of carbonyl (C=O) groups excluding carboxylic acids is 1. The number of benzene rings is 2. The largest absolute Gasteiger partial charge is 0.416 e. The molecule has 2 aliphatic carbocycles. The summed E-state index contributed by atoms with van der Waals surface area (Å²) in [5.74, 6) is 0.463. The predicted octanol–water partition coefficient (Wildman–Crippen LogP) is 5.84. The lowest BCUT2D eigenvalue weighted by Crippen LogP contribution is -2.47. The zero-order valence-electron chi connectivity index (χ0n) is 22.3. The first-order valence-corrected chi connectivity index (χ1v) is 14.6. The van der Waals surface area contributed by atoms with Crippen molar-refractivity contribution in [3.63, 3.8) is 0 Å². The average Bonchev–Trinajstić information content (AvgIpc) is 3.44. The van der Waals surface area contributed by atoms with E-state index < -0.39 is 17.6 Å². The van der Waals surface area contributed by atoms with E-state index in [2.05, 4.69) is 28.7 Å². The van der Waals surface area contributed by atoms with Gasteiger partial charge in [-0.25, -0.2) is 0 Å². The first-order valence-electron chi connectivity index (χ1n) is 13.3. The number of aryl methyl sites for hydroxylation is 1. The van der Waals surface area contributed by atoms with Crippen LogP contribution in [0.15, 0.2) is 42.7 Å². The number of alkyl halides is 3. The van der Waals surface area contributed by atoms with Gasteiger partial charge in [-0.05, 0) is 86.2 Å². The summed E-state index contributed by atoms with van der Waals surface area (Å²) >= 11 is 1.82. The molecule has 3 aromatic rings. The summed E-state index contributed by atoms with van der Waals surface area (Å²) in [4.78, 5) is 15.1. The molecule has 206 valence electrons. The molecule has 0 saturated heterocycles. The summed E-state index contributed by atoms with van der Waals surface area (Å²) in [7, 11) is 1.92. The molecule has 0 bridgehead atoms. The zero-order chi connectivity index (χ0) is 27.6. The molecule has 10 heteroatoms. The average molecular weight is 556 g/mol. The number of aromatic nitrogens is 3. The minimum atomic E-state index is -4.55. The molecular weight excluding hydrogens is 523 g/mol. The fourth-order valence-corrected chi connectivity index (χ4v) is 7.25. The molecular formula is C29H32F3N5OS. The van der Waals surface area contributed by atoms with Crippen LogP contribution in [0.4, 0.5) is 18.9 Å². The molecule has 0 radical (unpaired) electrons. The van der Waals surface area contributed by atoms with E-state index in [1.807, 2.05) is 41.6 Å². The third kappa shape index (κ3) is 4.45. The summed E-state index contributed by atoms with van der Waals surface area (Å²) < 4.78 is 44.5. The van der Waals surface area contributed by atoms with Gasteiger partial charge >= 0.3 is 6.18 Å². The van der Waals surface area contributed by atoms with Crippen LogP contribution in [-0.2, 0) is 31.7 Å². The van der Waals surface area contributed by atoms with Crippen LogP contribution in [0.5, 0.6) is 0 Å². The van der Waals surface area contributed by atoms with Crippen molar-refractivity contribution in [2.75, 3.05) is 11.2 Å². The molecule has 2 saturated carbocycles. The fraction of sp³-hybridized carbons (Fsp3) is 0.483. The van der Waals surface area contributed by atoms with Gasteiger partial charge in [-0.15, -0.1) is 10.2 Å². The number of nitrogens with zero attached hydrogens (tertiary/aromatic N) is 4. The molecule has 39 heavy (non-hydrogen) atoms. The van der Waals surface area contributed by atoms with Crippen LogP contribution in [0.1, 0.15) is 77.5 Å². The van der Waals surface area contributed by atoms with E-state index in [1.54, 1.807) is 18.5 Å². The second-order valence-corrected chi connectivity index (χ2v) is 12.6. The number of carbonyl (C=O) groups is 1. The van der Waals surface area contributed by atoms with Crippen molar-refractivity contribution in [1.29, 1.82) is 0 Å². The number of amides is 1. The van der Waals surface area contributed by atoms with Gasteiger partial charge in [0.1, 0.15) is 12.2 Å². The maximum atomic E-state index is 14.2. The van der Waals surface area contributed by atoms with Crippen LogP contribution < -0.4 is 10.2 Å². The molecule has 2 aromatic carbocycles. The van der Waals surface area contributed by atoms with Crippen LogP contribution >= 0.6 is 11.8 Å². The number of hydrogen-bond donors (Lipinski definition) is 1. The minimum Gasteiger partial charge on any atom is -0.320 e. The van der Waals surface area contributed by atoms with Crippen molar-refractivity contribution in [2.45, 2.75) is 74.5 Å². The molecule has 1 N–H and O–H groups in total. The molecule has 1 aromatic heterocycles. The maximum Gasteiger partial charge on any atom is 0.416 e. The fourth-order valence-electron chi connectivity index (χ4n) is 6.35. The molecule has 2 fully saturated rings. The highest BCUT2D eigenvalue weighted by Gasteiger charge is 2.50. The number of anilines is 1. The van der Waals surface area contributed by atoms with Gasteiger partial charge < -0.3 is 14.8 Å². The third-order valence-corrected chi connectivity index (χ3v) is 9.92. The van der Waals surface area contributed by atoms with E-state index in [0.717, 1.165) is 43.5 Å². The first kappa shape index (κ1) is 26.4. The van der Waals surface area contributed by atoms with Crippen molar-refractivity contribution >= 4 is 23.4 Å². The van der Waals surface area contributed by atoms with Crippen molar-refractivity contribution in [3.05, 3.63) is 76.4 Å². The summed E-state index contributed by atoms with van der Waals surface area (Å²) in [6.45, 7) is 2.28. The second-order valence-electron chi connectivity index (χ2n) is 11.5. The second kappa shape index (κ2) is 9.37. The Hall–Kier alpha value is -2.85. The van der Waals surface area contributed by atoms with Crippen LogP contribution in [0.25, 0.3) is 0 Å². The van der Waals surface area contributed by atoms with Crippen molar-refractivity contribution in [1.82, 2.24) is 20.1 Å². The molecule has 6 nitrogen and oxygen atoms in total. The summed E-state index contributed by atoms with van der Waals surface area (Å²) in [6, 6.07) is 10.5. The lowest BCUT2D eigenvalue weighted by atomic mass is 9.63. The SMILES string of the molecule is CS[C@H]1C[C@](c2cccc(N3Cc4c(cc(CNC5(C)CCC5)cc4C(F)(F)F)C3=O)c2)(c2nncn2C)C1. The number of hydrogen-bond acceptors (Lipinski definition) is 5. The summed E-state index contributed by atoms with van der Waals surface area (Å²) in [5, 5.41) is 12.4. The van der Waals surface area contributed by atoms with Gasteiger partial charge in [0.2, 0.25) is 0 Å². The summed E-state index contributed by atoms with van der Waals surface area (Å²) in [5.41, 5.74) is 1.14. The molecule has 2 heterocycles. The third-order valence-electron chi connectivity index (χ3n) is 8.92. The smallest absolute Gasteiger partial charge is 0.320 e. The Kier molecular flexibility index (Phi) is 6.34. The van der Waals surface area contributed by atoms with Crippen LogP contribution in [-0.4, -0.2) is 37.7 Å². The van der Waals surface area contributed by atoms with E-state index in [-0.39, 0.29) is 28.6 Å². The van der Waals surface area contributed by atoms with E-state index in [1.165, 1.54) is 11.0 Å². The van der Waals surface area contributed by atoms with Gasteiger partial charge in [-0.1, -0.05) is 12.1 Å². The molecule has 3 aliphatic rings. The Morgan fingerprint density at radius 1 is 1.18 bits per heavy atom. The normalized spacial score (nSPS) is 23.9. The molecule has 1 aliphatic heterocycles. The Labute approximate surface area is 230 Å². The number of nitrogens with one attached hydrogen (secondary N) is 1. The quantitative estimate of drug-likeness (QED) is 0.397. The van der Waals surface area contributed by atoms with Crippen molar-refractivity contribution < 1.29 is 18.0 Å². The van der Waals surface area contributed by atoms with Crippen molar-refractivity contribution in [2.24, 2.45) is 7.05 Å². The molecule has 0 spiro atoms. The highest BCUT2D eigenvalue weighted by Crippen LogP contribution is 2.52. The number of rotatable bonds is 7. The van der Waals surface area contributed by atoms with Gasteiger partial charge in [0.25, 0.3) is 5.91 Å². The molecule has 0 unspecified atom stereocenters. The Morgan fingerprint density at radius 2 is 1.95 bits per heavy atom. The first-order chi connectivity index (χ1) is 18.5. The number of thioether (sulfide) groups is 1. The van der Waals surface area contributed by atoms with Gasteiger partial charge in [-0.3, -0.25) is 4.79 Å². The highest BCUT2D eigenvalue weighted by molar-refractivity contribution is 7.99. The van der Waals surface area contributed by atoms with E-state index in [4.69, 9.17) is 0 Å². The van der Waals surface area contributed by atoms with Crippen LogP contribution in [0, 0.1) is 0 Å².